The first kappa shape index (κ1) is 13.5. The lowest BCUT2D eigenvalue weighted by molar-refractivity contribution is 0.110. The Morgan fingerprint density at radius 1 is 1.50 bits per heavy atom. The minimum atomic E-state index is -0.341. The second-order valence-corrected chi connectivity index (χ2v) is 4.89. The molecule has 2 unspecified atom stereocenters. The predicted octanol–water partition coefficient (Wildman–Crippen LogP) is 2.72. The molecule has 0 saturated heterocycles. The number of rotatable bonds is 5. The Bertz CT molecular complexity index is 349. The maximum Gasteiger partial charge on any atom is 0.0847 e. The van der Waals surface area contributed by atoms with Crippen LogP contribution in [0.3, 0.4) is 0 Å². The molecule has 0 spiro atoms. The van der Waals surface area contributed by atoms with Crippen LogP contribution in [0.2, 0.25) is 5.02 Å². The van der Waals surface area contributed by atoms with E-state index in [1.165, 1.54) is 0 Å². The van der Waals surface area contributed by atoms with Gasteiger partial charge in [0, 0.05) is 13.5 Å². The summed E-state index contributed by atoms with van der Waals surface area (Å²) in [6.07, 6.45) is 2.37. The van der Waals surface area contributed by atoms with E-state index in [2.05, 4.69) is 18.9 Å². The highest BCUT2D eigenvalue weighted by Crippen LogP contribution is 2.23. The minimum absolute atomic E-state index is 0.302. The van der Waals surface area contributed by atoms with Crippen molar-refractivity contribution >= 4 is 11.6 Å². The van der Waals surface area contributed by atoms with Crippen molar-refractivity contribution in [1.29, 1.82) is 0 Å². The highest BCUT2D eigenvalue weighted by Gasteiger charge is 2.19. The summed E-state index contributed by atoms with van der Waals surface area (Å²) >= 11 is 6.15. The van der Waals surface area contributed by atoms with E-state index in [9.17, 15) is 5.11 Å². The molecule has 0 saturated carbocycles. The molecule has 4 heteroatoms. The third-order valence-corrected chi connectivity index (χ3v) is 3.56. The lowest BCUT2D eigenvalue weighted by Gasteiger charge is -2.18. The van der Waals surface area contributed by atoms with Crippen LogP contribution in [0.25, 0.3) is 0 Å². The average molecular weight is 245 g/mol. The third kappa shape index (κ3) is 2.98. The van der Waals surface area contributed by atoms with Crippen molar-refractivity contribution in [2.24, 2.45) is 13.0 Å². The van der Waals surface area contributed by atoms with E-state index < -0.39 is 0 Å². The van der Waals surface area contributed by atoms with Crippen molar-refractivity contribution in [2.75, 3.05) is 0 Å². The minimum Gasteiger partial charge on any atom is -0.392 e. The standard InChI is InChI=1S/C12H21ClN2O/c1-5-6-8(2)11(16)7-10-12(13)9(3)14-15(10)4/h8,11,16H,5-7H2,1-4H3. The number of hydrogen-bond donors (Lipinski definition) is 1. The van der Waals surface area contributed by atoms with Crippen LogP contribution >= 0.6 is 11.6 Å². The van der Waals surface area contributed by atoms with Crippen LogP contribution in [0.1, 0.15) is 38.1 Å². The zero-order valence-electron chi connectivity index (χ0n) is 10.5. The summed E-state index contributed by atoms with van der Waals surface area (Å²) in [6, 6.07) is 0. The topological polar surface area (TPSA) is 38.1 Å². The molecular weight excluding hydrogens is 224 g/mol. The van der Waals surface area contributed by atoms with Gasteiger partial charge < -0.3 is 5.11 Å². The van der Waals surface area contributed by atoms with Gasteiger partial charge in [-0.2, -0.15) is 5.10 Å². The molecule has 0 radical (unpaired) electrons. The van der Waals surface area contributed by atoms with Gasteiger partial charge in [0.25, 0.3) is 0 Å². The molecule has 0 bridgehead atoms. The van der Waals surface area contributed by atoms with E-state index in [0.717, 1.165) is 24.2 Å². The Morgan fingerprint density at radius 3 is 2.56 bits per heavy atom. The average Bonchev–Trinajstić information content (AvgIpc) is 2.45. The Balaban J connectivity index is 2.72. The van der Waals surface area contributed by atoms with Gasteiger partial charge in [0.05, 0.1) is 22.5 Å². The first-order valence-corrected chi connectivity index (χ1v) is 6.21. The molecule has 1 rings (SSSR count). The fourth-order valence-corrected chi connectivity index (χ4v) is 2.19. The van der Waals surface area contributed by atoms with Crippen molar-refractivity contribution < 1.29 is 5.11 Å². The number of aliphatic hydroxyl groups excluding tert-OH is 1. The quantitative estimate of drug-likeness (QED) is 0.865. The smallest absolute Gasteiger partial charge is 0.0847 e. The number of hydrogen-bond acceptors (Lipinski definition) is 2. The van der Waals surface area contributed by atoms with Gasteiger partial charge in [-0.3, -0.25) is 4.68 Å². The van der Waals surface area contributed by atoms with Gasteiger partial charge in [0.1, 0.15) is 0 Å². The van der Waals surface area contributed by atoms with Crippen LogP contribution < -0.4 is 0 Å². The van der Waals surface area contributed by atoms with E-state index in [1.807, 2.05) is 14.0 Å². The van der Waals surface area contributed by atoms with E-state index in [1.54, 1.807) is 4.68 Å². The molecule has 0 amide bonds. The first-order chi connectivity index (χ1) is 7.47. The van der Waals surface area contributed by atoms with E-state index in [4.69, 9.17) is 11.6 Å². The number of aromatic nitrogens is 2. The molecule has 1 aromatic heterocycles. The fourth-order valence-electron chi connectivity index (χ4n) is 1.95. The molecule has 0 aromatic carbocycles. The summed E-state index contributed by atoms with van der Waals surface area (Å²) in [4.78, 5) is 0. The molecule has 16 heavy (non-hydrogen) atoms. The fraction of sp³-hybridized carbons (Fsp3) is 0.750. The second-order valence-electron chi connectivity index (χ2n) is 4.51. The van der Waals surface area contributed by atoms with Crippen LogP contribution in [0.4, 0.5) is 0 Å². The van der Waals surface area contributed by atoms with Crippen LogP contribution in [-0.2, 0) is 13.5 Å². The number of aliphatic hydroxyl groups is 1. The molecule has 1 heterocycles. The molecule has 1 N–H and O–H groups in total. The molecule has 0 aliphatic heterocycles. The van der Waals surface area contributed by atoms with E-state index in [0.29, 0.717) is 17.4 Å². The van der Waals surface area contributed by atoms with Crippen LogP contribution in [0, 0.1) is 12.8 Å². The molecule has 0 aliphatic carbocycles. The van der Waals surface area contributed by atoms with Gasteiger partial charge in [-0.15, -0.1) is 0 Å². The lowest BCUT2D eigenvalue weighted by atomic mass is 9.96. The largest absolute Gasteiger partial charge is 0.392 e. The highest BCUT2D eigenvalue weighted by atomic mass is 35.5. The molecule has 0 aliphatic rings. The highest BCUT2D eigenvalue weighted by molar-refractivity contribution is 6.31. The predicted molar refractivity (Wildman–Crippen MR) is 66.7 cm³/mol. The van der Waals surface area contributed by atoms with Crippen LogP contribution in [0.15, 0.2) is 0 Å². The SMILES string of the molecule is CCCC(C)C(O)Cc1c(Cl)c(C)nn1C. The zero-order valence-corrected chi connectivity index (χ0v) is 11.3. The van der Waals surface area contributed by atoms with Crippen molar-refractivity contribution in [1.82, 2.24) is 9.78 Å². The molecule has 2 atom stereocenters. The number of aryl methyl sites for hydroxylation is 2. The maximum absolute atomic E-state index is 10.1. The summed E-state index contributed by atoms with van der Waals surface area (Å²) < 4.78 is 1.76. The van der Waals surface area contributed by atoms with E-state index in [-0.39, 0.29) is 6.10 Å². The lowest BCUT2D eigenvalue weighted by Crippen LogP contribution is -2.21. The maximum atomic E-state index is 10.1. The number of halogens is 1. The van der Waals surface area contributed by atoms with Crippen molar-refractivity contribution in [2.45, 2.75) is 46.1 Å². The summed E-state index contributed by atoms with van der Waals surface area (Å²) in [5.41, 5.74) is 1.75. The number of nitrogens with zero attached hydrogens (tertiary/aromatic N) is 2. The van der Waals surface area contributed by atoms with Crippen molar-refractivity contribution in [3.05, 3.63) is 16.4 Å². The first-order valence-electron chi connectivity index (χ1n) is 5.83. The van der Waals surface area contributed by atoms with Gasteiger partial charge >= 0.3 is 0 Å². The van der Waals surface area contributed by atoms with Crippen molar-refractivity contribution in [3.8, 4) is 0 Å². The Labute approximate surface area is 102 Å². The Morgan fingerprint density at radius 2 is 2.12 bits per heavy atom. The van der Waals surface area contributed by atoms with Crippen LogP contribution in [0.5, 0.6) is 0 Å². The molecule has 0 fully saturated rings. The Kier molecular flexibility index (Phi) is 4.81. The van der Waals surface area contributed by atoms with Gasteiger partial charge in [-0.1, -0.05) is 31.9 Å². The zero-order chi connectivity index (χ0) is 12.3. The Hall–Kier alpha value is -0.540. The van der Waals surface area contributed by atoms with Gasteiger partial charge in [0.15, 0.2) is 0 Å². The monoisotopic (exact) mass is 244 g/mol. The van der Waals surface area contributed by atoms with Gasteiger partial charge in [-0.05, 0) is 19.3 Å². The summed E-state index contributed by atoms with van der Waals surface area (Å²) in [7, 11) is 1.87. The van der Waals surface area contributed by atoms with E-state index >= 15 is 0 Å². The molecule has 1 aromatic rings. The normalized spacial score (nSPS) is 15.1. The molecule has 92 valence electrons. The molecule has 3 nitrogen and oxygen atoms in total. The van der Waals surface area contributed by atoms with Crippen molar-refractivity contribution in [3.63, 3.8) is 0 Å². The second kappa shape index (κ2) is 5.69. The summed E-state index contributed by atoms with van der Waals surface area (Å²) in [5.74, 6) is 0.302. The van der Waals surface area contributed by atoms with Crippen LogP contribution in [-0.4, -0.2) is 21.0 Å². The summed E-state index contributed by atoms with van der Waals surface area (Å²) in [5, 5.41) is 15.0. The summed E-state index contributed by atoms with van der Waals surface area (Å²) in [6.45, 7) is 6.09. The third-order valence-electron chi connectivity index (χ3n) is 3.06. The molecular formula is C12H21ClN2O. The van der Waals surface area contributed by atoms with Gasteiger partial charge in [0.2, 0.25) is 0 Å². The van der Waals surface area contributed by atoms with Gasteiger partial charge in [-0.25, -0.2) is 0 Å².